The molecule has 0 aliphatic heterocycles. The number of nitrogens with two attached hydrogens (primary N) is 2. The Balaban J connectivity index is 2.49. The molecule has 1 fully saturated rings. The average molecular weight is 200 g/mol. The molecule has 0 saturated heterocycles. The maximum atomic E-state index is 10.6. The van der Waals surface area contributed by atoms with Crippen LogP contribution in [0.1, 0.15) is 38.5 Å². The highest BCUT2D eigenvalue weighted by molar-refractivity contribution is 5.75. The van der Waals surface area contributed by atoms with Gasteiger partial charge in [-0.3, -0.25) is 4.79 Å². The van der Waals surface area contributed by atoms with Crippen LogP contribution in [0.2, 0.25) is 0 Å². The molecule has 1 aliphatic carbocycles. The summed E-state index contributed by atoms with van der Waals surface area (Å²) in [5.41, 5.74) is 10.5. The van der Waals surface area contributed by atoms with Crippen LogP contribution >= 0.6 is 0 Å². The quantitative estimate of drug-likeness (QED) is 0.650. The summed E-state index contributed by atoms with van der Waals surface area (Å²) >= 11 is 0. The van der Waals surface area contributed by atoms with Crippen molar-refractivity contribution in [3.63, 3.8) is 0 Å². The van der Waals surface area contributed by atoms with Crippen LogP contribution in [0.15, 0.2) is 0 Å². The Kier molecular flexibility index (Phi) is 4.35. The Morgan fingerprint density at radius 2 is 1.79 bits per heavy atom. The van der Waals surface area contributed by atoms with Gasteiger partial charge in [0, 0.05) is 6.54 Å². The molecule has 14 heavy (non-hydrogen) atoms. The van der Waals surface area contributed by atoms with Gasteiger partial charge in [-0.05, 0) is 12.8 Å². The minimum absolute atomic E-state index is 0.00278. The van der Waals surface area contributed by atoms with Crippen LogP contribution in [-0.2, 0) is 9.53 Å². The van der Waals surface area contributed by atoms with Crippen molar-refractivity contribution in [1.29, 1.82) is 0 Å². The van der Waals surface area contributed by atoms with Crippen molar-refractivity contribution in [3.05, 3.63) is 0 Å². The highest BCUT2D eigenvalue weighted by Crippen LogP contribution is 2.29. The summed E-state index contributed by atoms with van der Waals surface area (Å²) < 4.78 is 5.56. The molecule has 1 amide bonds. The lowest BCUT2D eigenvalue weighted by Gasteiger charge is -2.31. The molecule has 0 spiro atoms. The summed E-state index contributed by atoms with van der Waals surface area (Å²) in [7, 11) is 0. The van der Waals surface area contributed by atoms with Crippen molar-refractivity contribution in [3.8, 4) is 0 Å². The molecule has 0 unspecified atom stereocenters. The van der Waals surface area contributed by atoms with E-state index in [-0.39, 0.29) is 12.2 Å². The number of rotatable bonds is 4. The molecule has 0 aromatic heterocycles. The molecular formula is C10H20N2O2. The zero-order valence-corrected chi connectivity index (χ0v) is 8.63. The van der Waals surface area contributed by atoms with Crippen molar-refractivity contribution >= 4 is 5.91 Å². The fraction of sp³-hybridized carbons (Fsp3) is 0.900. The first-order valence-corrected chi connectivity index (χ1v) is 5.31. The second kappa shape index (κ2) is 5.32. The van der Waals surface area contributed by atoms with Crippen molar-refractivity contribution in [1.82, 2.24) is 0 Å². The normalized spacial score (nSPS) is 21.5. The van der Waals surface area contributed by atoms with Crippen LogP contribution in [0.4, 0.5) is 0 Å². The summed E-state index contributed by atoms with van der Waals surface area (Å²) in [6, 6.07) is 0. The first-order chi connectivity index (χ1) is 6.68. The Morgan fingerprint density at radius 1 is 1.21 bits per heavy atom. The van der Waals surface area contributed by atoms with Gasteiger partial charge in [-0.25, -0.2) is 0 Å². The molecule has 4 nitrogen and oxygen atoms in total. The van der Waals surface area contributed by atoms with E-state index >= 15 is 0 Å². The Bertz CT molecular complexity index is 187. The molecule has 0 aromatic carbocycles. The summed E-state index contributed by atoms with van der Waals surface area (Å²) in [5, 5.41) is 0. The van der Waals surface area contributed by atoms with E-state index in [2.05, 4.69) is 0 Å². The molecular weight excluding hydrogens is 180 g/mol. The minimum atomic E-state index is -0.415. The van der Waals surface area contributed by atoms with Crippen molar-refractivity contribution in [2.75, 3.05) is 13.2 Å². The van der Waals surface area contributed by atoms with E-state index in [0.29, 0.717) is 6.54 Å². The molecule has 4 heteroatoms. The topological polar surface area (TPSA) is 78.3 Å². The largest absolute Gasteiger partial charge is 0.368 e. The molecule has 0 bridgehead atoms. The smallest absolute Gasteiger partial charge is 0.243 e. The van der Waals surface area contributed by atoms with Crippen LogP contribution < -0.4 is 11.5 Å². The summed E-state index contributed by atoms with van der Waals surface area (Å²) in [5.74, 6) is -0.415. The maximum absolute atomic E-state index is 10.6. The lowest BCUT2D eigenvalue weighted by atomic mass is 9.94. The summed E-state index contributed by atoms with van der Waals surface area (Å²) in [6.07, 6.45) is 6.66. The van der Waals surface area contributed by atoms with E-state index in [0.717, 1.165) is 25.7 Å². The van der Waals surface area contributed by atoms with Crippen LogP contribution in [0, 0.1) is 0 Å². The van der Waals surface area contributed by atoms with Gasteiger partial charge >= 0.3 is 0 Å². The monoisotopic (exact) mass is 200 g/mol. The number of hydrogen-bond acceptors (Lipinski definition) is 3. The van der Waals surface area contributed by atoms with Crippen LogP contribution in [0.5, 0.6) is 0 Å². The molecule has 0 atom stereocenters. The second-order valence-electron chi connectivity index (χ2n) is 4.06. The predicted molar refractivity (Wildman–Crippen MR) is 54.6 cm³/mol. The predicted octanol–water partition coefficient (Wildman–Crippen LogP) is 0.540. The van der Waals surface area contributed by atoms with Gasteiger partial charge in [0.1, 0.15) is 6.61 Å². The first kappa shape index (κ1) is 11.5. The molecule has 4 N–H and O–H groups in total. The highest BCUT2D eigenvalue weighted by atomic mass is 16.5. The van der Waals surface area contributed by atoms with Crippen LogP contribution in [-0.4, -0.2) is 24.7 Å². The third kappa shape index (κ3) is 3.27. The van der Waals surface area contributed by atoms with Gasteiger partial charge in [0.15, 0.2) is 0 Å². The lowest BCUT2D eigenvalue weighted by Crippen LogP contribution is -2.42. The fourth-order valence-corrected chi connectivity index (χ4v) is 2.00. The van der Waals surface area contributed by atoms with E-state index in [1.165, 1.54) is 12.8 Å². The number of carbonyl (C=O) groups is 1. The Morgan fingerprint density at radius 3 is 2.21 bits per heavy atom. The van der Waals surface area contributed by atoms with Gasteiger partial charge < -0.3 is 16.2 Å². The van der Waals surface area contributed by atoms with Gasteiger partial charge in [-0.2, -0.15) is 0 Å². The van der Waals surface area contributed by atoms with Crippen molar-refractivity contribution in [2.45, 2.75) is 44.1 Å². The lowest BCUT2D eigenvalue weighted by molar-refractivity contribution is -0.130. The van der Waals surface area contributed by atoms with Gasteiger partial charge in [-0.15, -0.1) is 0 Å². The number of ether oxygens (including phenoxy) is 1. The van der Waals surface area contributed by atoms with Crippen LogP contribution in [0.25, 0.3) is 0 Å². The maximum Gasteiger partial charge on any atom is 0.243 e. The Labute approximate surface area is 85.0 Å². The van der Waals surface area contributed by atoms with E-state index in [4.69, 9.17) is 16.2 Å². The minimum Gasteiger partial charge on any atom is -0.368 e. The standard InChI is InChI=1S/C10H20N2O2/c11-8-10(14-7-9(12)13)5-3-1-2-4-6-10/h1-8,11H2,(H2,12,13). The number of amides is 1. The van der Waals surface area contributed by atoms with E-state index < -0.39 is 5.91 Å². The van der Waals surface area contributed by atoms with Gasteiger partial charge in [0.05, 0.1) is 5.60 Å². The first-order valence-electron chi connectivity index (χ1n) is 5.31. The van der Waals surface area contributed by atoms with E-state index in [9.17, 15) is 4.79 Å². The summed E-state index contributed by atoms with van der Waals surface area (Å²) in [6.45, 7) is 0.484. The molecule has 1 saturated carbocycles. The molecule has 0 aromatic rings. The number of primary amides is 1. The van der Waals surface area contributed by atoms with Crippen molar-refractivity contribution < 1.29 is 9.53 Å². The average Bonchev–Trinajstić information content (AvgIpc) is 2.41. The van der Waals surface area contributed by atoms with Gasteiger partial charge in [-0.1, -0.05) is 25.7 Å². The zero-order valence-electron chi connectivity index (χ0n) is 8.63. The van der Waals surface area contributed by atoms with Gasteiger partial charge in [0.25, 0.3) is 0 Å². The molecule has 1 rings (SSSR count). The zero-order chi connectivity index (χ0) is 10.4. The number of hydrogen-bond donors (Lipinski definition) is 2. The van der Waals surface area contributed by atoms with E-state index in [1.54, 1.807) is 0 Å². The van der Waals surface area contributed by atoms with Crippen LogP contribution in [0.3, 0.4) is 0 Å². The second-order valence-corrected chi connectivity index (χ2v) is 4.06. The summed E-state index contributed by atoms with van der Waals surface area (Å²) in [4.78, 5) is 10.6. The SMILES string of the molecule is NCC1(OCC(N)=O)CCCCCC1. The third-order valence-corrected chi connectivity index (χ3v) is 2.91. The molecule has 0 heterocycles. The van der Waals surface area contributed by atoms with Crippen molar-refractivity contribution in [2.24, 2.45) is 11.5 Å². The molecule has 1 aliphatic rings. The van der Waals surface area contributed by atoms with E-state index in [1.807, 2.05) is 0 Å². The molecule has 0 radical (unpaired) electrons. The number of carbonyl (C=O) groups excluding carboxylic acids is 1. The Hall–Kier alpha value is -0.610. The molecule has 82 valence electrons. The highest BCUT2D eigenvalue weighted by Gasteiger charge is 2.30. The fourth-order valence-electron chi connectivity index (χ4n) is 2.00. The third-order valence-electron chi connectivity index (χ3n) is 2.91. The van der Waals surface area contributed by atoms with Gasteiger partial charge in [0.2, 0.25) is 5.91 Å².